The Hall–Kier alpha value is -1.37. The van der Waals surface area contributed by atoms with Crippen molar-refractivity contribution in [2.45, 2.75) is 110 Å². The fraction of sp³-hybridized carbons (Fsp3) is 0.667. The van der Waals surface area contributed by atoms with Crippen LogP contribution in [0.3, 0.4) is 0 Å². The molecule has 0 aromatic rings. The molecule has 1 unspecified atom stereocenters. The Kier molecular flexibility index (Phi) is 22.5. The third-order valence-corrected chi connectivity index (χ3v) is 5.10. The molecule has 1 atom stereocenters. The third kappa shape index (κ3) is 20.9. The van der Waals surface area contributed by atoms with Crippen LogP contribution < -0.4 is 0 Å². The van der Waals surface area contributed by atoms with E-state index >= 15 is 0 Å². The summed E-state index contributed by atoms with van der Waals surface area (Å²) < 4.78 is 0. The van der Waals surface area contributed by atoms with Crippen LogP contribution in [0.4, 0.5) is 0 Å². The van der Waals surface area contributed by atoms with Crippen molar-refractivity contribution in [3.63, 3.8) is 0 Å². The minimum absolute atomic E-state index is 0.274. The summed E-state index contributed by atoms with van der Waals surface area (Å²) in [5.74, 6) is 0.274. The van der Waals surface area contributed by atoms with Gasteiger partial charge in [-0.3, -0.25) is 0 Å². The highest BCUT2D eigenvalue weighted by Crippen LogP contribution is 2.16. The lowest BCUT2D eigenvalue weighted by atomic mass is 9.96. The number of rotatable bonds is 20. The van der Waals surface area contributed by atoms with Gasteiger partial charge in [0, 0.05) is 5.92 Å². The number of unbranched alkanes of at least 4 members (excludes halogenated alkanes) is 9. The maximum Gasteiger partial charge on any atom is 0.123 e. The minimum Gasteiger partial charge on any atom is -0.303 e. The van der Waals surface area contributed by atoms with Gasteiger partial charge in [-0.25, -0.2) is 0 Å². The zero-order valence-corrected chi connectivity index (χ0v) is 18.8. The number of allylic oxidation sites excluding steroid dienone is 8. The first-order chi connectivity index (χ1) is 13.8. The van der Waals surface area contributed by atoms with Crippen molar-refractivity contribution >= 4 is 6.29 Å². The summed E-state index contributed by atoms with van der Waals surface area (Å²) in [6.07, 6.45) is 37.0. The quantitative estimate of drug-likeness (QED) is 0.0883. The summed E-state index contributed by atoms with van der Waals surface area (Å²) >= 11 is 0. The van der Waals surface area contributed by atoms with E-state index in [0.29, 0.717) is 0 Å². The highest BCUT2D eigenvalue weighted by Gasteiger charge is 2.06. The van der Waals surface area contributed by atoms with Gasteiger partial charge in [0.1, 0.15) is 6.29 Å². The van der Waals surface area contributed by atoms with E-state index in [-0.39, 0.29) is 5.92 Å². The number of carbonyl (C=O) groups excluding carboxylic acids is 1. The van der Waals surface area contributed by atoms with Gasteiger partial charge in [0.15, 0.2) is 0 Å². The van der Waals surface area contributed by atoms with Crippen LogP contribution in [0, 0.1) is 5.92 Å². The van der Waals surface area contributed by atoms with Gasteiger partial charge in [0.05, 0.1) is 0 Å². The van der Waals surface area contributed by atoms with E-state index in [9.17, 15) is 4.79 Å². The molecule has 0 fully saturated rings. The second-order valence-electron chi connectivity index (χ2n) is 7.80. The number of hydrogen-bond acceptors (Lipinski definition) is 1. The molecule has 0 amide bonds. The first kappa shape index (κ1) is 26.6. The predicted octanol–water partition coefficient (Wildman–Crippen LogP) is 8.92. The Balaban J connectivity index is 3.51. The third-order valence-electron chi connectivity index (χ3n) is 5.10. The molecule has 28 heavy (non-hydrogen) atoms. The summed E-state index contributed by atoms with van der Waals surface area (Å²) in [6.45, 7) is 4.29. The van der Waals surface area contributed by atoms with Crippen molar-refractivity contribution in [2.75, 3.05) is 0 Å². The maximum atomic E-state index is 11.3. The molecule has 160 valence electrons. The van der Waals surface area contributed by atoms with Gasteiger partial charge in [0.25, 0.3) is 0 Å². The Morgan fingerprint density at radius 3 is 1.96 bits per heavy atom. The summed E-state index contributed by atoms with van der Waals surface area (Å²) in [5, 5.41) is 0. The molecule has 1 heteroatoms. The molecule has 0 bridgehead atoms. The SMILES string of the molecule is C/C=C\C=C\CCCCCCCC(C=O)CCC/C=C\C/C=C\CCCCC. The van der Waals surface area contributed by atoms with Crippen molar-refractivity contribution in [1.82, 2.24) is 0 Å². The zero-order chi connectivity index (χ0) is 20.5. The molecule has 0 aromatic heterocycles. The summed E-state index contributed by atoms with van der Waals surface area (Å²) in [4.78, 5) is 11.3. The molecule has 0 aliphatic heterocycles. The van der Waals surface area contributed by atoms with Crippen molar-refractivity contribution < 1.29 is 4.79 Å². The molecule has 0 aliphatic rings. The van der Waals surface area contributed by atoms with E-state index in [1.165, 1.54) is 70.5 Å². The molecule has 0 N–H and O–H groups in total. The van der Waals surface area contributed by atoms with Crippen LogP contribution in [0.1, 0.15) is 110 Å². The molecule has 0 aromatic carbocycles. The minimum atomic E-state index is 0.274. The van der Waals surface area contributed by atoms with Crippen molar-refractivity contribution in [3.05, 3.63) is 48.6 Å². The normalized spacial score (nSPS) is 13.5. The standard InChI is InChI=1S/C27H46O/c1-3-5-7-9-11-13-15-17-19-21-23-25-27(26-28)24-22-20-18-16-14-12-10-8-6-4-2/h4,6,8,10-11,13,17,19,26-27H,3,5,7,9,12,14-16,18,20-25H2,1-2H3/b6-4-,10-8+,13-11-,19-17-. The van der Waals surface area contributed by atoms with Crippen LogP contribution >= 0.6 is 0 Å². The highest BCUT2D eigenvalue weighted by atomic mass is 16.1. The second kappa shape index (κ2) is 23.7. The van der Waals surface area contributed by atoms with Crippen molar-refractivity contribution in [2.24, 2.45) is 5.92 Å². The van der Waals surface area contributed by atoms with Crippen molar-refractivity contribution in [1.29, 1.82) is 0 Å². The maximum absolute atomic E-state index is 11.3. The molecule has 0 saturated heterocycles. The molecule has 0 spiro atoms. The summed E-state index contributed by atoms with van der Waals surface area (Å²) in [6, 6.07) is 0. The smallest absolute Gasteiger partial charge is 0.123 e. The van der Waals surface area contributed by atoms with E-state index in [4.69, 9.17) is 0 Å². The predicted molar refractivity (Wildman–Crippen MR) is 127 cm³/mol. The zero-order valence-electron chi connectivity index (χ0n) is 18.8. The monoisotopic (exact) mass is 386 g/mol. The van der Waals surface area contributed by atoms with Gasteiger partial charge in [0.2, 0.25) is 0 Å². The van der Waals surface area contributed by atoms with E-state index < -0.39 is 0 Å². The van der Waals surface area contributed by atoms with E-state index in [0.717, 1.165) is 32.1 Å². The topological polar surface area (TPSA) is 17.1 Å². The first-order valence-corrected chi connectivity index (χ1v) is 11.9. The van der Waals surface area contributed by atoms with Gasteiger partial charge in [-0.05, 0) is 64.7 Å². The van der Waals surface area contributed by atoms with Crippen LogP contribution in [0.5, 0.6) is 0 Å². The average molecular weight is 387 g/mol. The van der Waals surface area contributed by atoms with Gasteiger partial charge >= 0.3 is 0 Å². The van der Waals surface area contributed by atoms with Gasteiger partial charge in [-0.2, -0.15) is 0 Å². The van der Waals surface area contributed by atoms with Crippen LogP contribution in [0.2, 0.25) is 0 Å². The lowest BCUT2D eigenvalue weighted by molar-refractivity contribution is -0.111. The number of hydrogen-bond donors (Lipinski definition) is 0. The molecule has 1 nitrogen and oxygen atoms in total. The lowest BCUT2D eigenvalue weighted by Gasteiger charge is -2.09. The average Bonchev–Trinajstić information content (AvgIpc) is 2.71. The molecule has 0 heterocycles. The lowest BCUT2D eigenvalue weighted by Crippen LogP contribution is -2.01. The highest BCUT2D eigenvalue weighted by molar-refractivity contribution is 5.53. The van der Waals surface area contributed by atoms with Crippen LogP contribution in [0.25, 0.3) is 0 Å². The fourth-order valence-electron chi connectivity index (χ4n) is 3.28. The Labute approximate surface area is 176 Å². The molecule has 0 radical (unpaired) electrons. The van der Waals surface area contributed by atoms with Crippen molar-refractivity contribution in [3.8, 4) is 0 Å². The van der Waals surface area contributed by atoms with Gasteiger partial charge in [-0.15, -0.1) is 0 Å². The molecular weight excluding hydrogens is 340 g/mol. The largest absolute Gasteiger partial charge is 0.303 e. The Morgan fingerprint density at radius 1 is 0.643 bits per heavy atom. The Bertz CT molecular complexity index is 428. The number of carbonyl (C=O) groups is 1. The fourth-order valence-corrected chi connectivity index (χ4v) is 3.28. The van der Waals surface area contributed by atoms with Gasteiger partial charge < -0.3 is 4.79 Å². The molecule has 0 rings (SSSR count). The molecule has 0 saturated carbocycles. The summed E-state index contributed by atoms with van der Waals surface area (Å²) in [7, 11) is 0. The number of aldehydes is 1. The first-order valence-electron chi connectivity index (χ1n) is 11.9. The van der Waals surface area contributed by atoms with Crippen LogP contribution in [-0.2, 0) is 4.79 Å². The summed E-state index contributed by atoms with van der Waals surface area (Å²) in [5.41, 5.74) is 0. The molecular formula is C27H46O. The van der Waals surface area contributed by atoms with Crippen LogP contribution in [-0.4, -0.2) is 6.29 Å². The molecule has 0 aliphatic carbocycles. The second-order valence-corrected chi connectivity index (χ2v) is 7.80. The Morgan fingerprint density at radius 2 is 1.25 bits per heavy atom. The van der Waals surface area contributed by atoms with E-state index in [1.807, 2.05) is 6.92 Å². The van der Waals surface area contributed by atoms with Gasteiger partial charge in [-0.1, -0.05) is 94.1 Å². The van der Waals surface area contributed by atoms with E-state index in [1.54, 1.807) is 0 Å². The van der Waals surface area contributed by atoms with Crippen LogP contribution in [0.15, 0.2) is 48.6 Å². The van der Waals surface area contributed by atoms with E-state index in [2.05, 4.69) is 55.5 Å².